The molecule has 2 aliphatic rings. The van der Waals surface area contributed by atoms with Crippen molar-refractivity contribution in [2.45, 2.75) is 44.8 Å². The second-order valence-corrected chi connectivity index (χ2v) is 5.41. The van der Waals surface area contributed by atoms with Gasteiger partial charge in [-0.3, -0.25) is 4.79 Å². The van der Waals surface area contributed by atoms with E-state index in [9.17, 15) is 4.79 Å². The first-order valence-electron chi connectivity index (χ1n) is 7.50. The van der Waals surface area contributed by atoms with Gasteiger partial charge in [0, 0.05) is 26.2 Å². The highest BCUT2D eigenvalue weighted by atomic mass is 16.5. The maximum atomic E-state index is 12.3. The predicted molar refractivity (Wildman–Crippen MR) is 73.1 cm³/mol. The highest BCUT2D eigenvalue weighted by Gasteiger charge is 2.23. The van der Waals surface area contributed by atoms with E-state index in [0.717, 1.165) is 45.6 Å². The van der Waals surface area contributed by atoms with Crippen LogP contribution in [0.25, 0.3) is 0 Å². The number of nitrogens with one attached hydrogen (secondary N) is 1. The summed E-state index contributed by atoms with van der Waals surface area (Å²) in [7, 11) is 0. The number of nitrogens with zero attached hydrogens (tertiary/aromatic N) is 1. The fourth-order valence-electron chi connectivity index (χ4n) is 2.60. The highest BCUT2D eigenvalue weighted by molar-refractivity contribution is 5.80. The molecular weight excluding hydrogens is 244 g/mol. The maximum Gasteiger partial charge on any atom is 0.251 e. The maximum absolute atomic E-state index is 12.3. The van der Waals surface area contributed by atoms with Gasteiger partial charge in [0.25, 0.3) is 5.91 Å². The Bertz CT molecular complexity index is 272. The van der Waals surface area contributed by atoms with Crippen LogP contribution in [0.2, 0.25) is 0 Å². The van der Waals surface area contributed by atoms with E-state index in [1.807, 2.05) is 11.8 Å². The van der Waals surface area contributed by atoms with Gasteiger partial charge in [0.1, 0.15) is 6.10 Å². The summed E-state index contributed by atoms with van der Waals surface area (Å²) in [5.41, 5.74) is 0. The van der Waals surface area contributed by atoms with Crippen molar-refractivity contribution in [3.05, 3.63) is 0 Å². The van der Waals surface area contributed by atoms with Crippen molar-refractivity contribution in [1.29, 1.82) is 0 Å². The van der Waals surface area contributed by atoms with Gasteiger partial charge in [0.05, 0.1) is 19.3 Å². The molecule has 110 valence electrons. The van der Waals surface area contributed by atoms with Crippen molar-refractivity contribution in [3.63, 3.8) is 0 Å². The van der Waals surface area contributed by atoms with Crippen LogP contribution in [-0.4, -0.2) is 62.4 Å². The molecule has 0 radical (unpaired) electrons. The summed E-state index contributed by atoms with van der Waals surface area (Å²) in [6, 6.07) is 0. The van der Waals surface area contributed by atoms with E-state index in [-0.39, 0.29) is 18.1 Å². The van der Waals surface area contributed by atoms with Crippen LogP contribution in [0, 0.1) is 0 Å². The molecule has 2 heterocycles. The zero-order valence-corrected chi connectivity index (χ0v) is 11.9. The molecule has 2 aliphatic heterocycles. The molecule has 0 aromatic carbocycles. The molecule has 5 nitrogen and oxygen atoms in total. The van der Waals surface area contributed by atoms with Crippen LogP contribution in [0.5, 0.6) is 0 Å². The van der Waals surface area contributed by atoms with E-state index in [0.29, 0.717) is 6.61 Å². The summed E-state index contributed by atoms with van der Waals surface area (Å²) in [4.78, 5) is 14.2. The first kappa shape index (κ1) is 14.8. The van der Waals surface area contributed by atoms with Crippen molar-refractivity contribution >= 4 is 5.91 Å². The molecule has 0 saturated carbocycles. The Kier molecular flexibility index (Phi) is 6.07. The van der Waals surface area contributed by atoms with Gasteiger partial charge in [-0.25, -0.2) is 0 Å². The van der Waals surface area contributed by atoms with Gasteiger partial charge in [-0.1, -0.05) is 12.8 Å². The van der Waals surface area contributed by atoms with Crippen LogP contribution in [-0.2, 0) is 14.3 Å². The number of rotatable bonds is 4. The van der Waals surface area contributed by atoms with Gasteiger partial charge in [-0.05, 0) is 19.8 Å². The van der Waals surface area contributed by atoms with E-state index >= 15 is 0 Å². The minimum Gasteiger partial charge on any atom is -0.373 e. The normalized spacial score (nSPS) is 26.8. The Morgan fingerprint density at radius 2 is 2.11 bits per heavy atom. The fourth-order valence-corrected chi connectivity index (χ4v) is 2.60. The van der Waals surface area contributed by atoms with E-state index in [1.165, 1.54) is 12.8 Å². The summed E-state index contributed by atoms with van der Waals surface area (Å²) >= 11 is 0. The van der Waals surface area contributed by atoms with Crippen LogP contribution in [0.3, 0.4) is 0 Å². The van der Waals surface area contributed by atoms with E-state index in [2.05, 4.69) is 5.32 Å². The van der Waals surface area contributed by atoms with Crippen LogP contribution in [0.15, 0.2) is 0 Å². The minimum atomic E-state index is -0.358. The molecule has 2 atom stereocenters. The van der Waals surface area contributed by atoms with Gasteiger partial charge in [0.15, 0.2) is 0 Å². The number of carbonyl (C=O) groups excluding carboxylic acids is 1. The van der Waals surface area contributed by atoms with E-state index in [4.69, 9.17) is 9.47 Å². The van der Waals surface area contributed by atoms with Crippen LogP contribution in [0.4, 0.5) is 0 Å². The summed E-state index contributed by atoms with van der Waals surface area (Å²) in [5.74, 6) is 0.130. The summed E-state index contributed by atoms with van der Waals surface area (Å²) in [6.45, 7) is 6.55. The van der Waals surface area contributed by atoms with Crippen molar-refractivity contribution < 1.29 is 14.3 Å². The molecule has 2 fully saturated rings. The van der Waals surface area contributed by atoms with E-state index < -0.39 is 0 Å². The summed E-state index contributed by atoms with van der Waals surface area (Å²) < 4.78 is 11.2. The predicted octanol–water partition coefficient (Wildman–Crippen LogP) is 0.783. The lowest BCUT2D eigenvalue weighted by Crippen LogP contribution is -2.44. The van der Waals surface area contributed by atoms with Crippen LogP contribution >= 0.6 is 0 Å². The second-order valence-electron chi connectivity index (χ2n) is 5.41. The lowest BCUT2D eigenvalue weighted by molar-refractivity contribution is -0.145. The molecule has 2 rings (SSSR count). The van der Waals surface area contributed by atoms with Crippen molar-refractivity contribution in [2.24, 2.45) is 0 Å². The van der Waals surface area contributed by atoms with E-state index in [1.54, 1.807) is 0 Å². The van der Waals surface area contributed by atoms with Gasteiger partial charge in [-0.15, -0.1) is 0 Å². The number of amides is 1. The molecule has 0 aromatic heterocycles. The van der Waals surface area contributed by atoms with Crippen molar-refractivity contribution in [1.82, 2.24) is 10.2 Å². The Morgan fingerprint density at radius 3 is 2.74 bits per heavy atom. The zero-order valence-electron chi connectivity index (χ0n) is 11.9. The standard InChI is InChI=1S/C14H26N2O3/c1-12(19-11-13-10-15-6-9-18-13)14(17)16-7-4-2-3-5-8-16/h12-13,15H,2-11H2,1H3. The first-order chi connectivity index (χ1) is 9.27. The molecule has 5 heteroatoms. The van der Waals surface area contributed by atoms with Crippen LogP contribution < -0.4 is 5.32 Å². The number of carbonyl (C=O) groups is 1. The number of ether oxygens (including phenoxy) is 2. The highest BCUT2D eigenvalue weighted by Crippen LogP contribution is 2.12. The third kappa shape index (κ3) is 4.75. The number of morpholine rings is 1. The van der Waals surface area contributed by atoms with Gasteiger partial charge < -0.3 is 19.7 Å². The lowest BCUT2D eigenvalue weighted by atomic mass is 10.2. The Labute approximate surface area is 115 Å². The summed E-state index contributed by atoms with van der Waals surface area (Å²) in [6.07, 6.45) is 4.43. The molecule has 2 saturated heterocycles. The monoisotopic (exact) mass is 270 g/mol. The molecular formula is C14H26N2O3. The fraction of sp³-hybridized carbons (Fsp3) is 0.929. The number of likely N-dealkylation sites (tertiary alicyclic amines) is 1. The lowest BCUT2D eigenvalue weighted by Gasteiger charge is -2.27. The average Bonchev–Trinajstić information content (AvgIpc) is 2.74. The van der Waals surface area contributed by atoms with Crippen molar-refractivity contribution in [3.8, 4) is 0 Å². The molecule has 0 aliphatic carbocycles. The van der Waals surface area contributed by atoms with Gasteiger partial charge in [0.2, 0.25) is 0 Å². The average molecular weight is 270 g/mol. The Morgan fingerprint density at radius 1 is 1.37 bits per heavy atom. The molecule has 1 N–H and O–H groups in total. The van der Waals surface area contributed by atoms with Gasteiger partial charge in [-0.2, -0.15) is 0 Å². The largest absolute Gasteiger partial charge is 0.373 e. The first-order valence-corrected chi connectivity index (χ1v) is 7.50. The third-order valence-corrected chi connectivity index (χ3v) is 3.80. The Balaban J connectivity index is 1.71. The SMILES string of the molecule is CC(OCC1CNCCO1)C(=O)N1CCCCCC1. The summed E-state index contributed by atoms with van der Waals surface area (Å²) in [5, 5.41) is 3.26. The number of hydrogen-bond acceptors (Lipinski definition) is 4. The zero-order chi connectivity index (χ0) is 13.5. The van der Waals surface area contributed by atoms with Crippen molar-refractivity contribution in [2.75, 3.05) is 39.4 Å². The molecule has 0 aromatic rings. The smallest absolute Gasteiger partial charge is 0.251 e. The second kappa shape index (κ2) is 7.82. The van der Waals surface area contributed by atoms with Gasteiger partial charge >= 0.3 is 0 Å². The minimum absolute atomic E-state index is 0.0770. The molecule has 0 spiro atoms. The quantitative estimate of drug-likeness (QED) is 0.820. The molecule has 19 heavy (non-hydrogen) atoms. The Hall–Kier alpha value is -0.650. The molecule has 2 unspecified atom stereocenters. The topological polar surface area (TPSA) is 50.8 Å². The number of hydrogen-bond donors (Lipinski definition) is 1. The molecule has 0 bridgehead atoms. The third-order valence-electron chi connectivity index (χ3n) is 3.80. The molecule has 1 amide bonds. The van der Waals surface area contributed by atoms with Crippen LogP contribution in [0.1, 0.15) is 32.6 Å².